The van der Waals surface area contributed by atoms with Gasteiger partial charge in [0.1, 0.15) is 5.82 Å². The van der Waals surface area contributed by atoms with Crippen LogP contribution in [0.2, 0.25) is 0 Å². The van der Waals surface area contributed by atoms with Crippen LogP contribution in [-0.2, 0) is 11.2 Å². The van der Waals surface area contributed by atoms with Gasteiger partial charge in [-0.25, -0.2) is 4.39 Å². The maximum atomic E-state index is 12.9. The molecule has 0 saturated carbocycles. The monoisotopic (exact) mass is 297 g/mol. The molecule has 0 unspecified atom stereocenters. The summed E-state index contributed by atoms with van der Waals surface area (Å²) >= 11 is 0. The molecule has 0 bridgehead atoms. The van der Waals surface area contributed by atoms with Gasteiger partial charge in [-0.1, -0.05) is 42.5 Å². The highest BCUT2D eigenvalue weighted by Crippen LogP contribution is 2.27. The minimum absolute atomic E-state index is 0.137. The summed E-state index contributed by atoms with van der Waals surface area (Å²) in [4.78, 5) is 14.3. The third-order valence-corrected chi connectivity index (χ3v) is 4.39. The van der Waals surface area contributed by atoms with Crippen LogP contribution in [0.4, 0.5) is 4.39 Å². The summed E-state index contributed by atoms with van der Waals surface area (Å²) in [7, 11) is 0. The number of piperidine rings is 1. The number of nitrogens with zero attached hydrogens (tertiary/aromatic N) is 1. The highest BCUT2D eigenvalue weighted by atomic mass is 19.1. The van der Waals surface area contributed by atoms with Gasteiger partial charge in [0.25, 0.3) is 0 Å². The third-order valence-electron chi connectivity index (χ3n) is 4.39. The molecule has 114 valence electrons. The fraction of sp³-hybridized carbons (Fsp3) is 0.316. The van der Waals surface area contributed by atoms with Crippen molar-refractivity contribution in [3.8, 4) is 0 Å². The number of likely N-dealkylation sites (tertiary alicyclic amines) is 1. The van der Waals surface area contributed by atoms with Crippen LogP contribution >= 0.6 is 0 Å². The van der Waals surface area contributed by atoms with Gasteiger partial charge in [-0.2, -0.15) is 0 Å². The van der Waals surface area contributed by atoms with Crippen LogP contribution in [-0.4, -0.2) is 23.9 Å². The Kier molecular flexibility index (Phi) is 4.52. The van der Waals surface area contributed by atoms with Gasteiger partial charge in [0, 0.05) is 13.1 Å². The van der Waals surface area contributed by atoms with Gasteiger partial charge < -0.3 is 4.90 Å². The third kappa shape index (κ3) is 3.53. The van der Waals surface area contributed by atoms with Gasteiger partial charge in [-0.05, 0) is 42.0 Å². The molecule has 3 heteroatoms. The van der Waals surface area contributed by atoms with E-state index in [1.54, 1.807) is 12.1 Å². The van der Waals surface area contributed by atoms with E-state index in [1.165, 1.54) is 17.7 Å². The highest BCUT2D eigenvalue weighted by Gasteiger charge is 2.23. The van der Waals surface area contributed by atoms with E-state index in [-0.39, 0.29) is 11.7 Å². The number of halogens is 1. The fourth-order valence-electron chi connectivity index (χ4n) is 3.08. The number of amides is 1. The first kappa shape index (κ1) is 14.8. The lowest BCUT2D eigenvalue weighted by atomic mass is 9.89. The number of rotatable bonds is 3. The Balaban J connectivity index is 1.54. The van der Waals surface area contributed by atoms with E-state index in [2.05, 4.69) is 24.3 Å². The van der Waals surface area contributed by atoms with Crippen molar-refractivity contribution < 1.29 is 9.18 Å². The van der Waals surface area contributed by atoms with E-state index in [0.29, 0.717) is 12.3 Å². The molecular weight excluding hydrogens is 277 g/mol. The molecule has 1 aliphatic heterocycles. The highest BCUT2D eigenvalue weighted by molar-refractivity contribution is 5.78. The number of hydrogen-bond donors (Lipinski definition) is 0. The van der Waals surface area contributed by atoms with Crippen LogP contribution in [0.5, 0.6) is 0 Å². The summed E-state index contributed by atoms with van der Waals surface area (Å²) < 4.78 is 12.9. The molecule has 1 heterocycles. The van der Waals surface area contributed by atoms with Crippen molar-refractivity contribution in [3.05, 3.63) is 71.5 Å². The lowest BCUT2D eigenvalue weighted by Gasteiger charge is -2.32. The molecule has 0 N–H and O–H groups in total. The Hall–Kier alpha value is -2.16. The maximum absolute atomic E-state index is 12.9. The maximum Gasteiger partial charge on any atom is 0.226 e. The molecule has 2 aromatic carbocycles. The van der Waals surface area contributed by atoms with E-state index < -0.39 is 0 Å². The van der Waals surface area contributed by atoms with Crippen LogP contribution in [0.1, 0.15) is 29.9 Å². The number of hydrogen-bond acceptors (Lipinski definition) is 1. The molecule has 1 aliphatic rings. The average molecular weight is 297 g/mol. The second-order valence-electron chi connectivity index (χ2n) is 5.87. The zero-order valence-corrected chi connectivity index (χ0v) is 12.5. The van der Waals surface area contributed by atoms with Gasteiger partial charge in [-0.15, -0.1) is 0 Å². The Morgan fingerprint density at radius 2 is 1.64 bits per heavy atom. The van der Waals surface area contributed by atoms with Crippen LogP contribution < -0.4 is 0 Å². The van der Waals surface area contributed by atoms with E-state index in [4.69, 9.17) is 0 Å². The normalized spacial score (nSPS) is 15.8. The van der Waals surface area contributed by atoms with Gasteiger partial charge in [0.15, 0.2) is 0 Å². The summed E-state index contributed by atoms with van der Waals surface area (Å²) in [5.74, 6) is 0.425. The standard InChI is InChI=1S/C19H20FNO/c20-18-8-6-15(7-9-18)14-19(22)21-12-10-17(11-13-21)16-4-2-1-3-5-16/h1-9,17H,10-14H2. The number of carbonyl (C=O) groups excluding carboxylic acids is 1. The van der Waals surface area contributed by atoms with Crippen LogP contribution in [0.3, 0.4) is 0 Å². The van der Waals surface area contributed by atoms with Crippen molar-refractivity contribution in [1.29, 1.82) is 0 Å². The predicted octanol–water partition coefficient (Wildman–Crippen LogP) is 3.77. The molecule has 1 amide bonds. The summed E-state index contributed by atoms with van der Waals surface area (Å²) in [6.45, 7) is 1.61. The van der Waals surface area contributed by atoms with Crippen molar-refractivity contribution in [2.24, 2.45) is 0 Å². The summed E-state index contributed by atoms with van der Waals surface area (Å²) in [5, 5.41) is 0. The molecule has 2 nitrogen and oxygen atoms in total. The first-order chi connectivity index (χ1) is 10.7. The smallest absolute Gasteiger partial charge is 0.226 e. The Morgan fingerprint density at radius 3 is 2.27 bits per heavy atom. The molecule has 0 radical (unpaired) electrons. The zero-order valence-electron chi connectivity index (χ0n) is 12.5. The second-order valence-corrected chi connectivity index (χ2v) is 5.87. The zero-order chi connectivity index (χ0) is 15.4. The average Bonchev–Trinajstić information content (AvgIpc) is 2.58. The largest absolute Gasteiger partial charge is 0.342 e. The van der Waals surface area contributed by atoms with E-state index in [0.717, 1.165) is 31.5 Å². The van der Waals surface area contributed by atoms with Crippen molar-refractivity contribution in [2.45, 2.75) is 25.2 Å². The van der Waals surface area contributed by atoms with Crippen LogP contribution in [0.15, 0.2) is 54.6 Å². The quantitative estimate of drug-likeness (QED) is 0.844. The minimum Gasteiger partial charge on any atom is -0.342 e. The Bertz CT molecular complexity index is 616. The molecule has 0 atom stereocenters. The molecule has 0 aliphatic carbocycles. The van der Waals surface area contributed by atoms with E-state index in [9.17, 15) is 9.18 Å². The van der Waals surface area contributed by atoms with Crippen LogP contribution in [0, 0.1) is 5.82 Å². The molecule has 1 fully saturated rings. The summed E-state index contributed by atoms with van der Waals surface area (Å²) in [6.07, 6.45) is 2.38. The van der Waals surface area contributed by atoms with Crippen molar-refractivity contribution in [2.75, 3.05) is 13.1 Å². The van der Waals surface area contributed by atoms with E-state index in [1.807, 2.05) is 11.0 Å². The summed E-state index contributed by atoms with van der Waals surface area (Å²) in [6, 6.07) is 16.7. The topological polar surface area (TPSA) is 20.3 Å². The summed E-state index contributed by atoms with van der Waals surface area (Å²) in [5.41, 5.74) is 2.24. The molecule has 1 saturated heterocycles. The SMILES string of the molecule is O=C(Cc1ccc(F)cc1)N1CCC(c2ccccc2)CC1. The van der Waals surface area contributed by atoms with Crippen LogP contribution in [0.25, 0.3) is 0 Å². The lowest BCUT2D eigenvalue weighted by molar-refractivity contribution is -0.131. The number of carbonyl (C=O) groups is 1. The lowest BCUT2D eigenvalue weighted by Crippen LogP contribution is -2.38. The van der Waals surface area contributed by atoms with Crippen molar-refractivity contribution >= 4 is 5.91 Å². The van der Waals surface area contributed by atoms with E-state index >= 15 is 0 Å². The molecular formula is C19H20FNO. The number of benzene rings is 2. The Labute approximate surface area is 130 Å². The molecule has 3 rings (SSSR count). The first-order valence-electron chi connectivity index (χ1n) is 7.79. The van der Waals surface area contributed by atoms with Gasteiger partial charge in [0.05, 0.1) is 6.42 Å². The van der Waals surface area contributed by atoms with Gasteiger partial charge in [-0.3, -0.25) is 4.79 Å². The molecule has 0 spiro atoms. The molecule has 0 aromatic heterocycles. The fourth-order valence-corrected chi connectivity index (χ4v) is 3.08. The predicted molar refractivity (Wildman–Crippen MR) is 85.1 cm³/mol. The second kappa shape index (κ2) is 6.73. The van der Waals surface area contributed by atoms with Gasteiger partial charge >= 0.3 is 0 Å². The molecule has 22 heavy (non-hydrogen) atoms. The van der Waals surface area contributed by atoms with Gasteiger partial charge in [0.2, 0.25) is 5.91 Å². The first-order valence-corrected chi connectivity index (χ1v) is 7.79. The van der Waals surface area contributed by atoms with Crippen molar-refractivity contribution in [3.63, 3.8) is 0 Å². The minimum atomic E-state index is -0.264. The molecule has 2 aromatic rings. The van der Waals surface area contributed by atoms with Crippen molar-refractivity contribution in [1.82, 2.24) is 4.90 Å². The Morgan fingerprint density at radius 1 is 1.00 bits per heavy atom.